The van der Waals surface area contributed by atoms with E-state index in [1.807, 2.05) is 19.1 Å². The van der Waals surface area contributed by atoms with Crippen molar-refractivity contribution in [3.63, 3.8) is 0 Å². The van der Waals surface area contributed by atoms with Gasteiger partial charge in [-0.05, 0) is 44.1 Å². The molecule has 2 amide bonds. The van der Waals surface area contributed by atoms with Gasteiger partial charge >= 0.3 is 11.8 Å². The normalized spacial score (nSPS) is 12.0. The molecule has 2 aromatic heterocycles. The van der Waals surface area contributed by atoms with Gasteiger partial charge in [-0.2, -0.15) is 5.10 Å². The van der Waals surface area contributed by atoms with Gasteiger partial charge in [-0.1, -0.05) is 13.8 Å². The van der Waals surface area contributed by atoms with Crippen LogP contribution in [0.5, 0.6) is 0 Å². The number of rotatable bonds is 9. The molecule has 1 atom stereocenters. The maximum absolute atomic E-state index is 12.0. The zero-order valence-electron chi connectivity index (χ0n) is 16.2. The molecular weight excluding hydrogens is 344 g/mol. The van der Waals surface area contributed by atoms with E-state index in [9.17, 15) is 9.59 Å². The fourth-order valence-corrected chi connectivity index (χ4v) is 2.82. The molecule has 8 nitrogen and oxygen atoms in total. The Morgan fingerprint density at radius 2 is 1.85 bits per heavy atom. The molecule has 2 aromatic rings. The van der Waals surface area contributed by atoms with Crippen molar-refractivity contribution in [1.82, 2.24) is 25.0 Å². The van der Waals surface area contributed by atoms with Gasteiger partial charge in [0.15, 0.2) is 5.82 Å². The highest BCUT2D eigenvalue weighted by Crippen LogP contribution is 2.05. The molecule has 0 aromatic carbocycles. The van der Waals surface area contributed by atoms with E-state index in [-0.39, 0.29) is 6.04 Å². The highest BCUT2D eigenvalue weighted by atomic mass is 16.2. The van der Waals surface area contributed by atoms with Gasteiger partial charge in [-0.25, -0.2) is 0 Å². The Hall–Kier alpha value is -2.74. The van der Waals surface area contributed by atoms with Gasteiger partial charge in [0.25, 0.3) is 0 Å². The predicted octanol–water partition coefficient (Wildman–Crippen LogP) is 1.31. The minimum absolute atomic E-state index is 0.171. The molecule has 0 fully saturated rings. The maximum Gasteiger partial charge on any atom is 0.314 e. The van der Waals surface area contributed by atoms with Crippen molar-refractivity contribution in [2.24, 2.45) is 0 Å². The second-order valence-corrected chi connectivity index (χ2v) is 6.30. The second kappa shape index (κ2) is 10.4. The summed E-state index contributed by atoms with van der Waals surface area (Å²) in [5.74, 6) is -0.997. The first-order chi connectivity index (χ1) is 13.0. The van der Waals surface area contributed by atoms with Crippen LogP contribution in [0.25, 0.3) is 0 Å². The summed E-state index contributed by atoms with van der Waals surface area (Å²) in [4.78, 5) is 30.2. The van der Waals surface area contributed by atoms with Crippen LogP contribution in [-0.2, 0) is 22.6 Å². The summed E-state index contributed by atoms with van der Waals surface area (Å²) in [6.45, 7) is 9.06. The molecule has 0 aliphatic rings. The molecule has 0 aliphatic carbocycles. The maximum atomic E-state index is 12.0. The number of carbonyl (C=O) groups excluding carboxylic acids is 2. The molecule has 27 heavy (non-hydrogen) atoms. The molecule has 0 saturated carbocycles. The number of hydrogen-bond donors (Lipinski definition) is 2. The predicted molar refractivity (Wildman–Crippen MR) is 104 cm³/mol. The number of nitrogens with zero attached hydrogens (tertiary/aromatic N) is 4. The third-order valence-corrected chi connectivity index (χ3v) is 4.46. The van der Waals surface area contributed by atoms with Crippen LogP contribution in [0.4, 0.5) is 5.82 Å². The van der Waals surface area contributed by atoms with Gasteiger partial charge in [-0.15, -0.1) is 0 Å². The lowest BCUT2D eigenvalue weighted by Crippen LogP contribution is -2.45. The zero-order chi connectivity index (χ0) is 19.6. The van der Waals surface area contributed by atoms with Crippen molar-refractivity contribution in [3.05, 3.63) is 42.4 Å². The second-order valence-electron chi connectivity index (χ2n) is 6.30. The largest absolute Gasteiger partial charge is 0.346 e. The summed E-state index contributed by atoms with van der Waals surface area (Å²) in [5.41, 5.74) is 1.16. The SMILES string of the molecule is CCN(CC)[C@H](C)CNC(=O)C(=O)Nc1ccn(CCc2ccncc2)n1. The summed E-state index contributed by atoms with van der Waals surface area (Å²) >= 11 is 0. The molecule has 146 valence electrons. The lowest BCUT2D eigenvalue weighted by atomic mass is 10.2. The standard InChI is InChI=1S/C19H28N6O2/c1-4-24(5-2)15(3)14-21-18(26)19(27)22-17-9-13-25(23-17)12-8-16-6-10-20-11-7-16/h6-7,9-11,13,15H,4-5,8,12,14H2,1-3H3,(H,21,26)(H,22,23,27)/t15-/m1/s1. The number of pyridine rings is 1. The van der Waals surface area contributed by atoms with E-state index in [4.69, 9.17) is 0 Å². The lowest BCUT2D eigenvalue weighted by molar-refractivity contribution is -0.136. The van der Waals surface area contributed by atoms with Crippen LogP contribution in [0.2, 0.25) is 0 Å². The molecule has 0 aliphatic heterocycles. The average Bonchev–Trinajstić information content (AvgIpc) is 3.13. The number of aromatic nitrogens is 3. The van der Waals surface area contributed by atoms with Crippen molar-refractivity contribution in [3.8, 4) is 0 Å². The van der Waals surface area contributed by atoms with E-state index >= 15 is 0 Å². The number of amides is 2. The smallest absolute Gasteiger partial charge is 0.314 e. The minimum atomic E-state index is -0.707. The first-order valence-electron chi connectivity index (χ1n) is 9.29. The van der Waals surface area contributed by atoms with Crippen LogP contribution in [0, 0.1) is 0 Å². The fraction of sp³-hybridized carbons (Fsp3) is 0.474. The van der Waals surface area contributed by atoms with E-state index < -0.39 is 11.8 Å². The van der Waals surface area contributed by atoms with E-state index in [0.717, 1.165) is 25.1 Å². The molecule has 2 heterocycles. The minimum Gasteiger partial charge on any atom is -0.346 e. The number of nitrogens with one attached hydrogen (secondary N) is 2. The van der Waals surface area contributed by atoms with Crippen molar-refractivity contribution >= 4 is 17.6 Å². The molecule has 0 unspecified atom stereocenters. The molecule has 0 spiro atoms. The summed E-state index contributed by atoms with van der Waals surface area (Å²) in [6.07, 6.45) is 6.09. The number of carbonyl (C=O) groups is 2. The molecule has 2 N–H and O–H groups in total. The van der Waals surface area contributed by atoms with Crippen LogP contribution in [0.3, 0.4) is 0 Å². The Morgan fingerprint density at radius 1 is 1.15 bits per heavy atom. The molecule has 8 heteroatoms. The van der Waals surface area contributed by atoms with E-state index in [1.165, 1.54) is 0 Å². The number of likely N-dealkylation sites (N-methyl/N-ethyl adjacent to an activating group) is 1. The van der Waals surface area contributed by atoms with Crippen LogP contribution in [0.1, 0.15) is 26.3 Å². The Morgan fingerprint density at radius 3 is 2.52 bits per heavy atom. The summed E-state index contributed by atoms with van der Waals surface area (Å²) in [6, 6.07) is 5.76. The molecule has 0 radical (unpaired) electrons. The van der Waals surface area contributed by atoms with Crippen molar-refractivity contribution in [1.29, 1.82) is 0 Å². The first kappa shape index (κ1) is 20.6. The monoisotopic (exact) mass is 372 g/mol. The van der Waals surface area contributed by atoms with Gasteiger partial charge < -0.3 is 10.6 Å². The Labute approximate surface area is 160 Å². The Kier molecular flexibility index (Phi) is 7.94. The van der Waals surface area contributed by atoms with Crippen LogP contribution >= 0.6 is 0 Å². The van der Waals surface area contributed by atoms with E-state index in [2.05, 4.69) is 39.5 Å². The third kappa shape index (κ3) is 6.49. The zero-order valence-corrected chi connectivity index (χ0v) is 16.2. The van der Waals surface area contributed by atoms with Gasteiger partial charge in [0.05, 0.1) is 0 Å². The summed E-state index contributed by atoms with van der Waals surface area (Å²) in [7, 11) is 0. The molecule has 0 bridgehead atoms. The van der Waals surface area contributed by atoms with E-state index in [0.29, 0.717) is 18.9 Å². The third-order valence-electron chi connectivity index (χ3n) is 4.46. The number of anilines is 1. The van der Waals surface area contributed by atoms with Crippen molar-refractivity contribution < 1.29 is 9.59 Å². The van der Waals surface area contributed by atoms with E-state index in [1.54, 1.807) is 29.3 Å². The molecule has 0 saturated heterocycles. The van der Waals surface area contributed by atoms with Gasteiger partial charge in [0.1, 0.15) is 0 Å². The van der Waals surface area contributed by atoms with Crippen molar-refractivity contribution in [2.75, 3.05) is 25.0 Å². The van der Waals surface area contributed by atoms with Crippen LogP contribution in [0.15, 0.2) is 36.8 Å². The highest BCUT2D eigenvalue weighted by Gasteiger charge is 2.17. The first-order valence-corrected chi connectivity index (χ1v) is 9.29. The average molecular weight is 372 g/mol. The topological polar surface area (TPSA) is 92.2 Å². The quantitative estimate of drug-likeness (QED) is 0.648. The van der Waals surface area contributed by atoms with Gasteiger partial charge in [0.2, 0.25) is 0 Å². The number of aryl methyl sites for hydroxylation is 2. The molecular formula is C19H28N6O2. The summed E-state index contributed by atoms with van der Waals surface area (Å²) < 4.78 is 1.73. The van der Waals surface area contributed by atoms with Crippen LogP contribution < -0.4 is 10.6 Å². The van der Waals surface area contributed by atoms with Gasteiger partial charge in [-0.3, -0.25) is 24.2 Å². The Bertz CT molecular complexity index is 727. The van der Waals surface area contributed by atoms with Crippen LogP contribution in [-0.4, -0.2) is 57.2 Å². The summed E-state index contributed by atoms with van der Waals surface area (Å²) in [5, 5.41) is 9.49. The Balaban J connectivity index is 1.78. The molecule has 2 rings (SSSR count). The fourth-order valence-electron chi connectivity index (χ4n) is 2.82. The number of hydrogen-bond acceptors (Lipinski definition) is 5. The van der Waals surface area contributed by atoms with Crippen molar-refractivity contribution in [2.45, 2.75) is 39.8 Å². The lowest BCUT2D eigenvalue weighted by Gasteiger charge is -2.26. The van der Waals surface area contributed by atoms with Gasteiger partial charge in [0, 0.05) is 43.8 Å². The highest BCUT2D eigenvalue weighted by molar-refractivity contribution is 6.39.